The first-order valence-electron chi connectivity index (χ1n) is 7.45. The van der Waals surface area contributed by atoms with Crippen molar-refractivity contribution < 1.29 is 14.3 Å². The van der Waals surface area contributed by atoms with Crippen molar-refractivity contribution in [2.75, 3.05) is 26.5 Å². The van der Waals surface area contributed by atoms with Crippen LogP contribution in [0.4, 0.5) is 4.79 Å². The van der Waals surface area contributed by atoms with E-state index >= 15 is 0 Å². The van der Waals surface area contributed by atoms with E-state index in [0.717, 1.165) is 19.3 Å². The van der Waals surface area contributed by atoms with Gasteiger partial charge >= 0.3 is 12.0 Å². The van der Waals surface area contributed by atoms with Crippen LogP contribution in [-0.2, 0) is 16.0 Å². The van der Waals surface area contributed by atoms with Crippen LogP contribution in [0.2, 0.25) is 0 Å². The van der Waals surface area contributed by atoms with Gasteiger partial charge in [0, 0.05) is 26.3 Å². The van der Waals surface area contributed by atoms with Crippen LogP contribution in [0.3, 0.4) is 0 Å². The van der Waals surface area contributed by atoms with Crippen molar-refractivity contribution in [1.29, 1.82) is 0 Å². The van der Waals surface area contributed by atoms with Crippen molar-refractivity contribution in [1.82, 2.24) is 19.7 Å². The normalized spacial score (nSPS) is 10.5. The van der Waals surface area contributed by atoms with Crippen molar-refractivity contribution >= 4 is 23.8 Å². The predicted octanol–water partition coefficient (Wildman–Crippen LogP) is 2.20. The van der Waals surface area contributed by atoms with Gasteiger partial charge in [0.25, 0.3) is 0 Å². The van der Waals surface area contributed by atoms with E-state index in [1.165, 1.54) is 21.3 Å². The van der Waals surface area contributed by atoms with E-state index in [2.05, 4.69) is 17.0 Å². The lowest BCUT2D eigenvalue weighted by Crippen LogP contribution is -2.28. The van der Waals surface area contributed by atoms with Gasteiger partial charge in [0.1, 0.15) is 0 Å². The second-order valence-electron chi connectivity index (χ2n) is 4.91. The van der Waals surface area contributed by atoms with Crippen LogP contribution in [-0.4, -0.2) is 58.1 Å². The Morgan fingerprint density at radius 2 is 2.05 bits per heavy atom. The molecule has 0 aliphatic heterocycles. The number of amides is 1. The predicted molar refractivity (Wildman–Crippen MR) is 85.1 cm³/mol. The molecule has 0 saturated heterocycles. The van der Waals surface area contributed by atoms with Gasteiger partial charge in [-0.3, -0.25) is 4.79 Å². The van der Waals surface area contributed by atoms with E-state index in [4.69, 9.17) is 4.74 Å². The van der Waals surface area contributed by atoms with Gasteiger partial charge in [0.2, 0.25) is 0 Å². The quantitative estimate of drug-likeness (QED) is 0.538. The molecule has 0 radical (unpaired) electrons. The molecular formula is C14H24N4O3S. The molecule has 1 amide bonds. The number of hydrogen-bond acceptors (Lipinski definition) is 6. The number of thioether (sulfide) groups is 1. The van der Waals surface area contributed by atoms with Gasteiger partial charge in [0.05, 0.1) is 13.0 Å². The average Bonchev–Trinajstić information content (AvgIpc) is 2.87. The number of rotatable bonds is 8. The SMILES string of the molecule is CCCCc1nc(SCCC(=O)OCC)n(C(=O)N(C)C)n1. The Morgan fingerprint density at radius 1 is 1.32 bits per heavy atom. The van der Waals surface area contributed by atoms with Crippen molar-refractivity contribution in [3.05, 3.63) is 5.82 Å². The number of esters is 1. The standard InChI is InChI=1S/C14H24N4O3S/c1-5-7-8-11-15-13(18(16-11)14(20)17(3)4)22-10-9-12(19)21-6-2/h5-10H2,1-4H3. The summed E-state index contributed by atoms with van der Waals surface area (Å²) in [5, 5.41) is 4.80. The van der Waals surface area contributed by atoms with Crippen molar-refractivity contribution in [3.8, 4) is 0 Å². The minimum atomic E-state index is -0.244. The lowest BCUT2D eigenvalue weighted by Gasteiger charge is -2.10. The van der Waals surface area contributed by atoms with Crippen LogP contribution < -0.4 is 0 Å². The fourth-order valence-corrected chi connectivity index (χ4v) is 2.51. The number of carbonyl (C=O) groups excluding carboxylic acids is 2. The molecule has 0 unspecified atom stereocenters. The summed E-state index contributed by atoms with van der Waals surface area (Å²) < 4.78 is 6.19. The molecule has 0 bridgehead atoms. The lowest BCUT2D eigenvalue weighted by molar-refractivity contribution is -0.142. The smallest absolute Gasteiger partial charge is 0.346 e. The topological polar surface area (TPSA) is 77.3 Å². The molecular weight excluding hydrogens is 304 g/mol. The summed E-state index contributed by atoms with van der Waals surface area (Å²) in [5.74, 6) is 0.924. The second-order valence-corrected chi connectivity index (χ2v) is 5.97. The van der Waals surface area contributed by atoms with Crippen LogP contribution in [0.25, 0.3) is 0 Å². The number of hydrogen-bond donors (Lipinski definition) is 0. The summed E-state index contributed by atoms with van der Waals surface area (Å²) >= 11 is 1.34. The van der Waals surface area contributed by atoms with Gasteiger partial charge in [-0.25, -0.2) is 9.78 Å². The van der Waals surface area contributed by atoms with Crippen molar-refractivity contribution in [2.24, 2.45) is 0 Å². The molecule has 22 heavy (non-hydrogen) atoms. The van der Waals surface area contributed by atoms with Gasteiger partial charge < -0.3 is 9.64 Å². The summed E-state index contributed by atoms with van der Waals surface area (Å²) in [6, 6.07) is -0.242. The third-order valence-corrected chi connectivity index (χ3v) is 3.71. The van der Waals surface area contributed by atoms with E-state index in [1.807, 2.05) is 0 Å². The highest BCUT2D eigenvalue weighted by Crippen LogP contribution is 2.18. The Hall–Kier alpha value is -1.57. The van der Waals surface area contributed by atoms with E-state index in [9.17, 15) is 9.59 Å². The fraction of sp³-hybridized carbons (Fsp3) is 0.714. The van der Waals surface area contributed by atoms with Crippen LogP contribution in [0, 0.1) is 0 Å². The van der Waals surface area contributed by atoms with Crippen molar-refractivity contribution in [3.63, 3.8) is 0 Å². The van der Waals surface area contributed by atoms with Gasteiger partial charge in [-0.05, 0) is 13.3 Å². The number of ether oxygens (including phenoxy) is 1. The number of aryl methyl sites for hydroxylation is 1. The summed E-state index contributed by atoms with van der Waals surface area (Å²) in [6.07, 6.45) is 3.05. The number of aromatic nitrogens is 3. The molecule has 0 fully saturated rings. The number of carbonyl (C=O) groups is 2. The Bertz CT molecular complexity index is 502. The minimum absolute atomic E-state index is 0.242. The highest BCUT2D eigenvalue weighted by Gasteiger charge is 2.18. The first kappa shape index (κ1) is 18.5. The number of unbranched alkanes of at least 4 members (excludes halogenated alkanes) is 1. The first-order valence-corrected chi connectivity index (χ1v) is 8.44. The van der Waals surface area contributed by atoms with Crippen molar-refractivity contribution in [2.45, 2.75) is 44.7 Å². The van der Waals surface area contributed by atoms with Gasteiger partial charge in [-0.2, -0.15) is 4.68 Å². The molecule has 0 spiro atoms. The maximum absolute atomic E-state index is 12.1. The maximum atomic E-state index is 12.1. The third-order valence-electron chi connectivity index (χ3n) is 2.78. The van der Waals surface area contributed by atoms with E-state index in [1.54, 1.807) is 21.0 Å². The maximum Gasteiger partial charge on any atom is 0.346 e. The molecule has 124 valence electrons. The highest BCUT2D eigenvalue weighted by atomic mass is 32.2. The molecule has 0 aromatic carbocycles. The van der Waals surface area contributed by atoms with E-state index < -0.39 is 0 Å². The van der Waals surface area contributed by atoms with Crippen LogP contribution >= 0.6 is 11.8 Å². The average molecular weight is 328 g/mol. The summed E-state index contributed by atoms with van der Waals surface area (Å²) in [6.45, 7) is 4.24. The largest absolute Gasteiger partial charge is 0.466 e. The molecule has 7 nitrogen and oxygen atoms in total. The molecule has 1 rings (SSSR count). The molecule has 1 aromatic rings. The molecule has 0 aliphatic rings. The van der Waals surface area contributed by atoms with E-state index in [0.29, 0.717) is 23.3 Å². The van der Waals surface area contributed by atoms with Crippen LogP contribution in [0.1, 0.15) is 38.9 Å². The van der Waals surface area contributed by atoms with Gasteiger partial charge in [-0.1, -0.05) is 25.1 Å². The molecule has 1 aromatic heterocycles. The van der Waals surface area contributed by atoms with Crippen LogP contribution in [0.15, 0.2) is 5.16 Å². The Morgan fingerprint density at radius 3 is 2.64 bits per heavy atom. The molecule has 0 saturated carbocycles. The monoisotopic (exact) mass is 328 g/mol. The molecule has 0 N–H and O–H groups in total. The summed E-state index contributed by atoms with van der Waals surface area (Å²) in [4.78, 5) is 29.3. The highest BCUT2D eigenvalue weighted by molar-refractivity contribution is 7.99. The Labute approximate surface area is 135 Å². The molecule has 0 atom stereocenters. The zero-order chi connectivity index (χ0) is 16.5. The first-order chi connectivity index (χ1) is 10.5. The zero-order valence-corrected chi connectivity index (χ0v) is 14.5. The summed E-state index contributed by atoms with van der Waals surface area (Å²) in [5.41, 5.74) is 0. The fourth-order valence-electron chi connectivity index (χ4n) is 1.65. The minimum Gasteiger partial charge on any atom is -0.466 e. The Kier molecular flexibility index (Phi) is 7.94. The van der Waals surface area contributed by atoms with Crippen LogP contribution in [0.5, 0.6) is 0 Å². The molecule has 1 heterocycles. The second kappa shape index (κ2) is 9.45. The summed E-state index contributed by atoms with van der Waals surface area (Å²) in [7, 11) is 3.34. The molecule has 8 heteroatoms. The van der Waals surface area contributed by atoms with Gasteiger partial charge in [0.15, 0.2) is 11.0 Å². The lowest BCUT2D eigenvalue weighted by atomic mass is 10.2. The molecule has 0 aliphatic carbocycles. The van der Waals surface area contributed by atoms with Gasteiger partial charge in [-0.15, -0.1) is 5.10 Å². The zero-order valence-electron chi connectivity index (χ0n) is 13.7. The third kappa shape index (κ3) is 5.67. The number of nitrogens with zero attached hydrogens (tertiary/aromatic N) is 4. The van der Waals surface area contributed by atoms with E-state index in [-0.39, 0.29) is 18.4 Å². The Balaban J connectivity index is 2.74.